The first-order valence-electron chi connectivity index (χ1n) is 14.8. The highest BCUT2D eigenvalue weighted by molar-refractivity contribution is 5.07. The van der Waals surface area contributed by atoms with Crippen LogP contribution < -0.4 is 5.32 Å². The molecule has 0 amide bonds. The molecule has 0 bridgehead atoms. The normalized spacial score (nSPS) is 31.7. The van der Waals surface area contributed by atoms with E-state index in [9.17, 15) is 0 Å². The number of allylic oxidation sites excluding steroid dienone is 1. The fourth-order valence-corrected chi connectivity index (χ4v) is 7.92. The van der Waals surface area contributed by atoms with Crippen LogP contribution in [0.1, 0.15) is 126 Å². The van der Waals surface area contributed by atoms with Crippen LogP contribution in [-0.4, -0.2) is 12.6 Å². The molecule has 1 nitrogen and oxygen atoms in total. The Morgan fingerprint density at radius 2 is 1.72 bits per heavy atom. The second-order valence-corrected chi connectivity index (χ2v) is 12.1. The van der Waals surface area contributed by atoms with E-state index in [0.29, 0.717) is 5.92 Å². The van der Waals surface area contributed by atoms with Gasteiger partial charge >= 0.3 is 0 Å². The van der Waals surface area contributed by atoms with Crippen molar-refractivity contribution in [3.63, 3.8) is 0 Å². The van der Waals surface area contributed by atoms with Crippen LogP contribution in [0.3, 0.4) is 0 Å². The van der Waals surface area contributed by atoms with Crippen molar-refractivity contribution in [2.75, 3.05) is 6.54 Å². The molecular weight excluding hydrogens is 386 g/mol. The van der Waals surface area contributed by atoms with E-state index in [1.807, 2.05) is 0 Å². The third-order valence-corrected chi connectivity index (χ3v) is 9.73. The monoisotopic (exact) mass is 445 g/mol. The topological polar surface area (TPSA) is 12.0 Å². The molecule has 1 heteroatoms. The lowest BCUT2D eigenvalue weighted by atomic mass is 9.68. The van der Waals surface area contributed by atoms with Crippen LogP contribution in [0.5, 0.6) is 0 Å². The van der Waals surface area contributed by atoms with Crippen molar-refractivity contribution in [1.29, 1.82) is 0 Å². The van der Waals surface area contributed by atoms with Crippen molar-refractivity contribution >= 4 is 0 Å². The molecule has 9 atom stereocenters. The zero-order valence-corrected chi connectivity index (χ0v) is 23.1. The zero-order chi connectivity index (χ0) is 23.7. The molecular formula is C31H59N. The molecule has 1 aliphatic carbocycles. The quantitative estimate of drug-likeness (QED) is 0.184. The van der Waals surface area contributed by atoms with Crippen LogP contribution in [0, 0.1) is 47.3 Å². The van der Waals surface area contributed by atoms with Gasteiger partial charge in [0.25, 0.3) is 0 Å². The van der Waals surface area contributed by atoms with Gasteiger partial charge in [-0.25, -0.2) is 0 Å². The maximum absolute atomic E-state index is 4.57. The number of rotatable bonds is 16. The number of nitrogens with one attached hydrogen (secondary N) is 1. The summed E-state index contributed by atoms with van der Waals surface area (Å²) in [5.41, 5.74) is 1.47. The lowest BCUT2D eigenvalue weighted by Crippen LogP contribution is -2.56. The molecule has 0 aromatic rings. The second kappa shape index (κ2) is 14.2. The molecule has 32 heavy (non-hydrogen) atoms. The van der Waals surface area contributed by atoms with E-state index in [2.05, 4.69) is 60.4 Å². The Labute approximate surface area is 203 Å². The summed E-state index contributed by atoms with van der Waals surface area (Å²) >= 11 is 0. The minimum absolute atomic E-state index is 0.715. The summed E-state index contributed by atoms with van der Waals surface area (Å²) in [6, 6.07) is 0.800. The summed E-state index contributed by atoms with van der Waals surface area (Å²) in [5, 5.41) is 3.81. The molecule has 2 fully saturated rings. The molecule has 0 radical (unpaired) electrons. The molecule has 0 aromatic heterocycles. The molecule has 1 aliphatic heterocycles. The summed E-state index contributed by atoms with van der Waals surface area (Å²) in [5.74, 6) is 6.86. The van der Waals surface area contributed by atoms with Crippen LogP contribution in [0.15, 0.2) is 12.2 Å². The van der Waals surface area contributed by atoms with Crippen molar-refractivity contribution < 1.29 is 0 Å². The lowest BCUT2D eigenvalue weighted by molar-refractivity contribution is 0.144. The third kappa shape index (κ3) is 7.35. The molecule has 9 unspecified atom stereocenters. The van der Waals surface area contributed by atoms with Gasteiger partial charge < -0.3 is 5.32 Å². The van der Waals surface area contributed by atoms with E-state index in [1.54, 1.807) is 0 Å². The number of hydrogen-bond donors (Lipinski definition) is 1. The summed E-state index contributed by atoms with van der Waals surface area (Å²) in [7, 11) is 0. The molecule has 188 valence electrons. The van der Waals surface area contributed by atoms with Crippen LogP contribution in [0.25, 0.3) is 0 Å². The van der Waals surface area contributed by atoms with Crippen molar-refractivity contribution in [3.05, 3.63) is 12.2 Å². The first kappa shape index (κ1) is 27.9. The molecule has 1 heterocycles. The van der Waals surface area contributed by atoms with E-state index in [1.165, 1.54) is 89.2 Å². The standard InChI is InChI=1S/C31H59N/c1-9-13-14-15-17-27(25(11-3)16-10-2)19-24(8)30(22(5)6)29-20-28(18-23(29)7)31-26(12-4)21-32-31/h23-32H,5,9-21H2,1-4,6-8H3. The smallest absolute Gasteiger partial charge is 0.0136 e. The summed E-state index contributed by atoms with van der Waals surface area (Å²) in [4.78, 5) is 0. The lowest BCUT2D eigenvalue weighted by Gasteiger charge is -2.42. The van der Waals surface area contributed by atoms with Gasteiger partial charge in [0.05, 0.1) is 0 Å². The van der Waals surface area contributed by atoms with Gasteiger partial charge in [0.15, 0.2) is 0 Å². The first-order valence-corrected chi connectivity index (χ1v) is 14.8. The van der Waals surface area contributed by atoms with Gasteiger partial charge in [-0.2, -0.15) is 0 Å². The van der Waals surface area contributed by atoms with Crippen LogP contribution >= 0.6 is 0 Å². The van der Waals surface area contributed by atoms with Crippen LogP contribution in [0.4, 0.5) is 0 Å². The van der Waals surface area contributed by atoms with Crippen molar-refractivity contribution in [1.82, 2.24) is 5.32 Å². The highest BCUT2D eigenvalue weighted by Crippen LogP contribution is 2.49. The maximum Gasteiger partial charge on any atom is 0.0136 e. The Kier molecular flexibility index (Phi) is 12.4. The molecule has 1 saturated carbocycles. The minimum atomic E-state index is 0.715. The van der Waals surface area contributed by atoms with Gasteiger partial charge in [0.1, 0.15) is 0 Å². The highest BCUT2D eigenvalue weighted by Gasteiger charge is 2.45. The van der Waals surface area contributed by atoms with Gasteiger partial charge in [0, 0.05) is 6.04 Å². The van der Waals surface area contributed by atoms with E-state index in [-0.39, 0.29) is 0 Å². The van der Waals surface area contributed by atoms with Gasteiger partial charge in [-0.05, 0) is 80.1 Å². The Hall–Kier alpha value is -0.300. The molecule has 1 saturated heterocycles. The van der Waals surface area contributed by atoms with E-state index >= 15 is 0 Å². The van der Waals surface area contributed by atoms with Crippen molar-refractivity contribution in [2.24, 2.45) is 47.3 Å². The SMILES string of the molecule is C=C(C)C(C(C)CC(CCCCCC)C(CC)CCC)C1CC(C2NCC2CC)CC1C. The predicted molar refractivity (Wildman–Crippen MR) is 144 cm³/mol. The fourth-order valence-electron chi connectivity index (χ4n) is 7.92. The summed E-state index contributed by atoms with van der Waals surface area (Å²) in [6.45, 7) is 22.9. The van der Waals surface area contributed by atoms with Crippen molar-refractivity contribution in [3.8, 4) is 0 Å². The number of hydrogen-bond acceptors (Lipinski definition) is 1. The number of unbranched alkanes of at least 4 members (excludes halogenated alkanes) is 3. The average molecular weight is 446 g/mol. The Morgan fingerprint density at radius 1 is 0.969 bits per heavy atom. The van der Waals surface area contributed by atoms with Crippen LogP contribution in [0.2, 0.25) is 0 Å². The summed E-state index contributed by atoms with van der Waals surface area (Å²) < 4.78 is 0. The van der Waals surface area contributed by atoms with Gasteiger partial charge in [-0.1, -0.05) is 111 Å². The summed E-state index contributed by atoms with van der Waals surface area (Å²) in [6.07, 6.45) is 16.9. The van der Waals surface area contributed by atoms with Crippen LogP contribution in [-0.2, 0) is 0 Å². The van der Waals surface area contributed by atoms with Gasteiger partial charge in [-0.15, -0.1) is 0 Å². The minimum Gasteiger partial charge on any atom is -0.313 e. The molecule has 1 N–H and O–H groups in total. The third-order valence-electron chi connectivity index (χ3n) is 9.73. The predicted octanol–water partition coefficient (Wildman–Crippen LogP) is 9.28. The van der Waals surface area contributed by atoms with E-state index in [0.717, 1.165) is 47.5 Å². The molecule has 2 aliphatic rings. The Morgan fingerprint density at radius 3 is 2.25 bits per heavy atom. The van der Waals surface area contributed by atoms with Gasteiger partial charge in [-0.3, -0.25) is 0 Å². The molecule has 0 spiro atoms. The van der Waals surface area contributed by atoms with Gasteiger partial charge in [0.2, 0.25) is 0 Å². The molecule has 2 rings (SSSR count). The van der Waals surface area contributed by atoms with Crippen molar-refractivity contribution in [2.45, 2.75) is 132 Å². The molecule has 0 aromatic carbocycles. The largest absolute Gasteiger partial charge is 0.313 e. The highest BCUT2D eigenvalue weighted by atomic mass is 15.0. The second-order valence-electron chi connectivity index (χ2n) is 12.1. The Bertz CT molecular complexity index is 523. The maximum atomic E-state index is 4.57. The zero-order valence-electron chi connectivity index (χ0n) is 23.1. The van der Waals surface area contributed by atoms with E-state index in [4.69, 9.17) is 0 Å². The Balaban J connectivity index is 2.06. The first-order chi connectivity index (χ1) is 15.4. The fraction of sp³-hybridized carbons (Fsp3) is 0.935. The van der Waals surface area contributed by atoms with E-state index < -0.39 is 0 Å². The average Bonchev–Trinajstić information content (AvgIpc) is 3.08.